The maximum Gasteiger partial charge on any atom is 0.316 e. The molecule has 7 heteroatoms. The van der Waals surface area contributed by atoms with Gasteiger partial charge in [0.2, 0.25) is 0 Å². The first-order valence-corrected chi connectivity index (χ1v) is 12.2. The second kappa shape index (κ2) is 12.0. The van der Waals surface area contributed by atoms with Crippen molar-refractivity contribution in [2.75, 3.05) is 47.4 Å². The molecule has 2 aliphatic rings. The molecule has 3 rings (SSSR count). The highest BCUT2D eigenvalue weighted by Crippen LogP contribution is 2.30. The molecule has 0 aliphatic carbocycles. The number of hydrogen-bond donors (Lipinski definition) is 0. The quantitative estimate of drug-likeness (QED) is 0.504. The Labute approximate surface area is 198 Å². The van der Waals surface area contributed by atoms with Crippen LogP contribution in [0.1, 0.15) is 51.0 Å². The molecule has 2 heterocycles. The van der Waals surface area contributed by atoms with E-state index in [1.54, 1.807) is 21.1 Å². The summed E-state index contributed by atoms with van der Waals surface area (Å²) in [7, 11) is 5.47. The summed E-state index contributed by atoms with van der Waals surface area (Å²) in [5.74, 6) is -0.315. The Morgan fingerprint density at radius 2 is 1.88 bits per heavy atom. The van der Waals surface area contributed by atoms with Crippen molar-refractivity contribution in [3.05, 3.63) is 29.8 Å². The molecule has 2 saturated heterocycles. The number of carbonyl (C=O) groups is 2. The average molecular weight is 461 g/mol. The molecule has 7 nitrogen and oxygen atoms in total. The average Bonchev–Trinajstić information content (AvgIpc) is 2.82. The second-order valence-electron chi connectivity index (χ2n) is 9.70. The molecule has 1 aromatic carbocycles. The van der Waals surface area contributed by atoms with Gasteiger partial charge in [-0.3, -0.25) is 14.5 Å². The van der Waals surface area contributed by atoms with Gasteiger partial charge in [0.25, 0.3) is 0 Å². The Bertz CT molecular complexity index is 791. The molecule has 33 heavy (non-hydrogen) atoms. The highest BCUT2D eigenvalue weighted by molar-refractivity contribution is 5.98. The van der Waals surface area contributed by atoms with Crippen LogP contribution in [-0.2, 0) is 25.6 Å². The summed E-state index contributed by atoms with van der Waals surface area (Å²) in [6.45, 7) is 5.80. The number of carbonyl (C=O) groups excluding carboxylic acids is 2. The predicted molar refractivity (Wildman–Crippen MR) is 127 cm³/mol. The first-order chi connectivity index (χ1) is 15.8. The first kappa shape index (κ1) is 25.7. The number of benzene rings is 1. The van der Waals surface area contributed by atoms with E-state index in [0.29, 0.717) is 19.4 Å². The zero-order valence-electron chi connectivity index (χ0n) is 20.7. The Morgan fingerprint density at radius 1 is 1.12 bits per heavy atom. The molecule has 0 saturated carbocycles. The highest BCUT2D eigenvalue weighted by atomic mass is 16.6. The van der Waals surface area contributed by atoms with E-state index in [1.807, 2.05) is 12.1 Å². The van der Waals surface area contributed by atoms with E-state index in [2.05, 4.69) is 29.0 Å². The topological polar surface area (TPSA) is 68.3 Å². The van der Waals surface area contributed by atoms with Crippen LogP contribution in [0.3, 0.4) is 0 Å². The van der Waals surface area contributed by atoms with E-state index in [0.717, 1.165) is 57.6 Å². The molecule has 2 unspecified atom stereocenters. The van der Waals surface area contributed by atoms with Crippen molar-refractivity contribution in [3.8, 4) is 5.75 Å². The maximum absolute atomic E-state index is 13.0. The SMILES string of the molecule is COc1cccc(CN2CCC3(CC2)CN(C)CCCC(OC)CCC(=O)C(C)C(=O)O3)c1. The lowest BCUT2D eigenvalue weighted by Crippen LogP contribution is -2.53. The standard InChI is InChI=1S/C26H40N2O5/c1-20-24(29)11-10-22(31-3)9-6-14-27(2)19-26(33-25(20)30)12-15-28(16-13-26)18-21-7-5-8-23(17-21)32-4/h5,7-8,17,20,22H,6,9-16,18-19H2,1-4H3. The summed E-state index contributed by atoms with van der Waals surface area (Å²) in [6.07, 6.45) is 4.49. The number of hydrogen-bond acceptors (Lipinski definition) is 7. The molecule has 0 N–H and O–H groups in total. The Morgan fingerprint density at radius 3 is 2.58 bits per heavy atom. The molecule has 2 fully saturated rings. The largest absolute Gasteiger partial charge is 0.497 e. The van der Waals surface area contributed by atoms with E-state index >= 15 is 0 Å². The van der Waals surface area contributed by atoms with Gasteiger partial charge in [-0.25, -0.2) is 0 Å². The summed E-state index contributed by atoms with van der Waals surface area (Å²) >= 11 is 0. The van der Waals surface area contributed by atoms with Gasteiger partial charge in [0.1, 0.15) is 23.1 Å². The van der Waals surface area contributed by atoms with Crippen LogP contribution in [-0.4, -0.2) is 80.7 Å². The third kappa shape index (κ3) is 7.26. The number of piperidine rings is 1. The molecule has 1 spiro atoms. The molecule has 0 amide bonds. The van der Waals surface area contributed by atoms with Crippen LogP contribution < -0.4 is 4.74 Å². The normalized spacial score (nSPS) is 26.2. The third-order valence-corrected chi connectivity index (χ3v) is 7.13. The van der Waals surface area contributed by atoms with E-state index in [4.69, 9.17) is 14.2 Å². The highest BCUT2D eigenvalue weighted by Gasteiger charge is 2.41. The number of ether oxygens (including phenoxy) is 3. The van der Waals surface area contributed by atoms with Gasteiger partial charge in [-0.2, -0.15) is 0 Å². The van der Waals surface area contributed by atoms with Crippen LogP contribution in [0.25, 0.3) is 0 Å². The number of nitrogens with zero attached hydrogens (tertiary/aromatic N) is 2. The summed E-state index contributed by atoms with van der Waals surface area (Å²) in [5.41, 5.74) is 0.654. The van der Waals surface area contributed by atoms with Crippen molar-refractivity contribution < 1.29 is 23.8 Å². The van der Waals surface area contributed by atoms with Crippen molar-refractivity contribution in [2.24, 2.45) is 5.92 Å². The van der Waals surface area contributed by atoms with E-state index < -0.39 is 11.5 Å². The third-order valence-electron chi connectivity index (χ3n) is 7.13. The molecule has 0 aromatic heterocycles. The maximum atomic E-state index is 13.0. The number of likely N-dealkylation sites (N-methyl/N-ethyl adjacent to an activating group) is 1. The Balaban J connectivity index is 1.68. The molecule has 1 aromatic rings. The molecule has 2 atom stereocenters. The number of rotatable bonds is 4. The van der Waals surface area contributed by atoms with Crippen LogP contribution in [0.2, 0.25) is 0 Å². The first-order valence-electron chi connectivity index (χ1n) is 12.2. The lowest BCUT2D eigenvalue weighted by molar-refractivity contribution is -0.173. The zero-order valence-corrected chi connectivity index (χ0v) is 20.7. The molecular formula is C26H40N2O5. The van der Waals surface area contributed by atoms with Gasteiger partial charge < -0.3 is 19.1 Å². The molecule has 2 aliphatic heterocycles. The van der Waals surface area contributed by atoms with Crippen LogP contribution in [0, 0.1) is 5.92 Å². The summed E-state index contributed by atoms with van der Waals surface area (Å²) in [6, 6.07) is 8.14. The van der Waals surface area contributed by atoms with Crippen LogP contribution in [0.15, 0.2) is 24.3 Å². The molecule has 184 valence electrons. The Kier molecular flexibility index (Phi) is 9.29. The summed E-state index contributed by atoms with van der Waals surface area (Å²) in [4.78, 5) is 30.3. The monoisotopic (exact) mass is 460 g/mol. The lowest BCUT2D eigenvalue weighted by atomic mass is 9.89. The van der Waals surface area contributed by atoms with Crippen molar-refractivity contribution >= 4 is 11.8 Å². The minimum atomic E-state index is -0.736. The smallest absolute Gasteiger partial charge is 0.316 e. The number of Topliss-reactive ketones (excluding diaryl/α,β-unsaturated/α-hetero) is 1. The van der Waals surface area contributed by atoms with Crippen molar-refractivity contribution in [3.63, 3.8) is 0 Å². The van der Waals surface area contributed by atoms with E-state index in [1.165, 1.54) is 5.56 Å². The van der Waals surface area contributed by atoms with Gasteiger partial charge in [-0.05, 0) is 57.5 Å². The van der Waals surface area contributed by atoms with Gasteiger partial charge in [0, 0.05) is 52.6 Å². The fraction of sp³-hybridized carbons (Fsp3) is 0.692. The molecule has 0 bridgehead atoms. The second-order valence-corrected chi connectivity index (χ2v) is 9.70. The fourth-order valence-corrected chi connectivity index (χ4v) is 4.93. The van der Waals surface area contributed by atoms with E-state index in [-0.39, 0.29) is 17.9 Å². The summed E-state index contributed by atoms with van der Waals surface area (Å²) < 4.78 is 17.1. The number of methoxy groups -OCH3 is 2. The van der Waals surface area contributed by atoms with Crippen LogP contribution in [0.5, 0.6) is 5.75 Å². The van der Waals surface area contributed by atoms with Crippen molar-refractivity contribution in [1.29, 1.82) is 0 Å². The van der Waals surface area contributed by atoms with E-state index in [9.17, 15) is 9.59 Å². The van der Waals surface area contributed by atoms with Gasteiger partial charge in [-0.15, -0.1) is 0 Å². The predicted octanol–water partition coefficient (Wildman–Crippen LogP) is 3.30. The molecule has 0 radical (unpaired) electrons. The lowest BCUT2D eigenvalue weighted by Gasteiger charge is -2.43. The fourth-order valence-electron chi connectivity index (χ4n) is 4.93. The molecular weight excluding hydrogens is 420 g/mol. The van der Waals surface area contributed by atoms with Gasteiger partial charge >= 0.3 is 5.97 Å². The number of ketones is 1. The van der Waals surface area contributed by atoms with Crippen molar-refractivity contribution in [2.45, 2.75) is 63.7 Å². The minimum absolute atomic E-state index is 0.0553. The van der Waals surface area contributed by atoms with Gasteiger partial charge in [-0.1, -0.05) is 12.1 Å². The van der Waals surface area contributed by atoms with Crippen LogP contribution >= 0.6 is 0 Å². The zero-order chi connectivity index (χ0) is 23.8. The van der Waals surface area contributed by atoms with Gasteiger partial charge in [0.05, 0.1) is 13.2 Å². The Hall–Kier alpha value is -1.96. The minimum Gasteiger partial charge on any atom is -0.497 e. The van der Waals surface area contributed by atoms with Crippen LogP contribution in [0.4, 0.5) is 0 Å². The number of likely N-dealkylation sites (tertiary alicyclic amines) is 1. The number of esters is 1. The van der Waals surface area contributed by atoms with Gasteiger partial charge in [0.15, 0.2) is 0 Å². The summed E-state index contributed by atoms with van der Waals surface area (Å²) in [5, 5.41) is 0. The van der Waals surface area contributed by atoms with Crippen molar-refractivity contribution in [1.82, 2.24) is 9.80 Å².